The summed E-state index contributed by atoms with van der Waals surface area (Å²) in [7, 11) is 0. The number of amides is 4. The topological polar surface area (TPSA) is 125 Å². The van der Waals surface area contributed by atoms with E-state index in [1.54, 1.807) is 0 Å². The molecule has 0 radical (unpaired) electrons. The Kier molecular flexibility index (Phi) is 16.2. The van der Waals surface area contributed by atoms with Crippen LogP contribution in [0.5, 0.6) is 0 Å². The fourth-order valence-electron chi connectivity index (χ4n) is 2.58. The van der Waals surface area contributed by atoms with Crippen LogP contribution in [0.15, 0.2) is 0 Å². The van der Waals surface area contributed by atoms with E-state index in [1.165, 1.54) is 0 Å². The molecular weight excluding hydrogens is 370 g/mol. The summed E-state index contributed by atoms with van der Waals surface area (Å²) >= 11 is 0. The quantitative estimate of drug-likeness (QED) is 0.313. The highest BCUT2D eigenvalue weighted by Gasteiger charge is 2.26. The van der Waals surface area contributed by atoms with Crippen LogP contribution in [0.4, 0.5) is 4.79 Å². The molecular formula is C21H45N5O3. The Hall–Kier alpha value is -1.83. The fourth-order valence-corrected chi connectivity index (χ4v) is 2.58. The molecule has 8 nitrogen and oxygen atoms in total. The van der Waals surface area contributed by atoms with E-state index in [9.17, 15) is 14.4 Å². The average Bonchev–Trinajstić information content (AvgIpc) is 2.62. The number of primary amides is 1. The van der Waals surface area contributed by atoms with Crippen molar-refractivity contribution >= 4 is 17.8 Å². The molecule has 4 amide bonds. The highest BCUT2D eigenvalue weighted by molar-refractivity contribution is 5.89. The molecule has 0 rings (SSSR count). The van der Waals surface area contributed by atoms with E-state index in [-0.39, 0.29) is 29.2 Å². The van der Waals surface area contributed by atoms with Gasteiger partial charge >= 0.3 is 6.03 Å². The van der Waals surface area contributed by atoms with Crippen molar-refractivity contribution in [2.45, 2.75) is 86.7 Å². The number of carbonyl (C=O) groups excluding carboxylic acids is 3. The van der Waals surface area contributed by atoms with Gasteiger partial charge in [-0.2, -0.15) is 0 Å². The van der Waals surface area contributed by atoms with Crippen molar-refractivity contribution in [1.29, 1.82) is 0 Å². The molecule has 0 aromatic rings. The minimum absolute atomic E-state index is 0.103. The van der Waals surface area contributed by atoms with Crippen LogP contribution in [0.2, 0.25) is 0 Å². The summed E-state index contributed by atoms with van der Waals surface area (Å²) < 4.78 is 0. The van der Waals surface area contributed by atoms with Crippen LogP contribution >= 0.6 is 0 Å². The van der Waals surface area contributed by atoms with E-state index in [4.69, 9.17) is 5.73 Å². The molecule has 0 aromatic heterocycles. The van der Waals surface area contributed by atoms with Gasteiger partial charge in [0.2, 0.25) is 11.8 Å². The third kappa shape index (κ3) is 15.7. The van der Waals surface area contributed by atoms with E-state index >= 15 is 0 Å². The lowest BCUT2D eigenvalue weighted by Gasteiger charge is -2.25. The number of urea groups is 1. The number of likely N-dealkylation sites (N-methyl/N-ethyl adjacent to an activating group) is 1. The van der Waals surface area contributed by atoms with Gasteiger partial charge in [0.25, 0.3) is 0 Å². The first-order valence-electron chi connectivity index (χ1n) is 10.8. The maximum absolute atomic E-state index is 12.6. The summed E-state index contributed by atoms with van der Waals surface area (Å²) in [5, 5.41) is 11.4. The molecule has 0 bridgehead atoms. The summed E-state index contributed by atoms with van der Waals surface area (Å²) in [5.74, 6) is -0.289. The third-order valence-electron chi connectivity index (χ3n) is 4.15. The second-order valence-electron chi connectivity index (χ2n) is 8.38. The van der Waals surface area contributed by atoms with Crippen molar-refractivity contribution < 1.29 is 14.4 Å². The van der Waals surface area contributed by atoms with Gasteiger partial charge in [-0.15, -0.1) is 0 Å². The molecule has 29 heavy (non-hydrogen) atoms. The monoisotopic (exact) mass is 415 g/mol. The van der Waals surface area contributed by atoms with E-state index in [1.807, 2.05) is 34.6 Å². The summed E-state index contributed by atoms with van der Waals surface area (Å²) in [5.41, 5.74) is 5.17. The molecule has 0 fully saturated rings. The molecule has 0 aliphatic heterocycles. The highest BCUT2D eigenvalue weighted by Crippen LogP contribution is 2.17. The fraction of sp³-hybridized carbons (Fsp3) is 0.857. The van der Waals surface area contributed by atoms with Crippen LogP contribution in [0.1, 0.15) is 74.7 Å². The first-order valence-corrected chi connectivity index (χ1v) is 10.8. The lowest BCUT2D eigenvalue weighted by molar-refractivity contribution is -0.130. The van der Waals surface area contributed by atoms with Gasteiger partial charge < -0.3 is 27.0 Å². The minimum Gasteiger partial charge on any atom is -0.354 e. The lowest BCUT2D eigenvalue weighted by atomic mass is 9.92. The maximum Gasteiger partial charge on any atom is 0.312 e. The predicted molar refractivity (Wildman–Crippen MR) is 119 cm³/mol. The van der Waals surface area contributed by atoms with E-state index in [0.29, 0.717) is 32.5 Å². The van der Waals surface area contributed by atoms with Gasteiger partial charge in [0, 0.05) is 13.1 Å². The average molecular weight is 416 g/mol. The van der Waals surface area contributed by atoms with Gasteiger partial charge in [-0.25, -0.2) is 4.79 Å². The van der Waals surface area contributed by atoms with Crippen molar-refractivity contribution in [3.8, 4) is 0 Å². The Bertz CT molecular complexity index is 475. The molecule has 2 atom stereocenters. The number of rotatable bonds is 12. The first-order chi connectivity index (χ1) is 13.5. The number of nitrogens with two attached hydrogens (primary N) is 1. The third-order valence-corrected chi connectivity index (χ3v) is 4.15. The molecule has 0 aliphatic rings. The van der Waals surface area contributed by atoms with Crippen LogP contribution in [0.3, 0.4) is 0 Å². The zero-order chi connectivity index (χ0) is 23.0. The van der Waals surface area contributed by atoms with E-state index in [2.05, 4.69) is 42.0 Å². The van der Waals surface area contributed by atoms with Gasteiger partial charge in [-0.1, -0.05) is 55.4 Å². The molecule has 0 spiro atoms. The Morgan fingerprint density at radius 1 is 0.966 bits per heavy atom. The molecule has 0 aliphatic carbocycles. The second kappa shape index (κ2) is 16.0. The van der Waals surface area contributed by atoms with Gasteiger partial charge in [-0.3, -0.25) is 9.59 Å². The van der Waals surface area contributed by atoms with Gasteiger partial charge in [0.05, 0.1) is 6.04 Å². The van der Waals surface area contributed by atoms with Crippen molar-refractivity contribution in [2.24, 2.45) is 17.1 Å². The molecule has 0 saturated carbocycles. The van der Waals surface area contributed by atoms with Crippen molar-refractivity contribution in [3.63, 3.8) is 0 Å². The number of hydrogen-bond acceptors (Lipinski definition) is 4. The van der Waals surface area contributed by atoms with Crippen molar-refractivity contribution in [1.82, 2.24) is 21.3 Å². The van der Waals surface area contributed by atoms with Gasteiger partial charge in [0.1, 0.15) is 6.04 Å². The second-order valence-corrected chi connectivity index (χ2v) is 8.38. The summed E-state index contributed by atoms with van der Waals surface area (Å²) in [4.78, 5) is 36.0. The molecule has 8 heteroatoms. The first kappa shape index (κ1) is 29.4. The van der Waals surface area contributed by atoms with E-state index in [0.717, 1.165) is 6.42 Å². The molecule has 0 aromatic carbocycles. The Morgan fingerprint density at radius 2 is 1.55 bits per heavy atom. The predicted octanol–water partition coefficient (Wildman–Crippen LogP) is 2.13. The SMILES string of the molecule is CC.CCNC(C(=O)NC(CCCNC(N)=O)C(=O)NCCC(C)(C)C)C(C)C. The Labute approximate surface area is 177 Å². The van der Waals surface area contributed by atoms with Crippen LogP contribution in [-0.2, 0) is 9.59 Å². The smallest absolute Gasteiger partial charge is 0.312 e. The Morgan fingerprint density at radius 3 is 2.00 bits per heavy atom. The van der Waals surface area contributed by atoms with Crippen LogP contribution in [-0.4, -0.2) is 49.6 Å². The lowest BCUT2D eigenvalue weighted by Crippen LogP contribution is -2.54. The number of nitrogens with one attached hydrogen (secondary N) is 4. The molecule has 0 heterocycles. The van der Waals surface area contributed by atoms with Crippen LogP contribution in [0, 0.1) is 11.3 Å². The molecule has 6 N–H and O–H groups in total. The van der Waals surface area contributed by atoms with Crippen LogP contribution in [0.25, 0.3) is 0 Å². The maximum atomic E-state index is 12.6. The van der Waals surface area contributed by atoms with E-state index < -0.39 is 12.1 Å². The summed E-state index contributed by atoms with van der Waals surface area (Å²) in [6.07, 6.45) is 1.80. The zero-order valence-corrected chi connectivity index (χ0v) is 19.8. The highest BCUT2D eigenvalue weighted by atomic mass is 16.2. The summed E-state index contributed by atoms with van der Waals surface area (Å²) in [6, 6.07) is -1.60. The zero-order valence-electron chi connectivity index (χ0n) is 19.8. The molecule has 2 unspecified atom stereocenters. The van der Waals surface area contributed by atoms with Gasteiger partial charge in [-0.05, 0) is 37.1 Å². The Balaban J connectivity index is 0. The minimum atomic E-state index is -0.646. The van der Waals surface area contributed by atoms with Crippen LogP contribution < -0.4 is 27.0 Å². The van der Waals surface area contributed by atoms with Gasteiger partial charge in [0.15, 0.2) is 0 Å². The molecule has 172 valence electrons. The van der Waals surface area contributed by atoms with Crippen molar-refractivity contribution in [2.75, 3.05) is 19.6 Å². The number of hydrogen-bond donors (Lipinski definition) is 5. The summed E-state index contributed by atoms with van der Waals surface area (Å²) in [6.45, 7) is 17.8. The standard InChI is InChI=1S/C19H39N5O3.C2H6/c1-7-21-15(13(2)3)17(26)24-14(9-8-11-23-18(20)27)16(25)22-12-10-19(4,5)6;1-2/h13-15,21H,7-12H2,1-6H3,(H,22,25)(H,24,26)(H3,20,23,27);1-2H3. The normalized spacial score (nSPS) is 13.0. The van der Waals surface area contributed by atoms with Crippen molar-refractivity contribution in [3.05, 3.63) is 0 Å². The largest absolute Gasteiger partial charge is 0.354 e. The molecule has 0 saturated heterocycles. The number of carbonyl (C=O) groups is 3.